The lowest BCUT2D eigenvalue weighted by Gasteiger charge is -2.12. The monoisotopic (exact) mass is 280 g/mol. The summed E-state index contributed by atoms with van der Waals surface area (Å²) in [6.45, 7) is 1.23. The zero-order valence-electron chi connectivity index (χ0n) is 11.1. The van der Waals surface area contributed by atoms with E-state index in [2.05, 4.69) is 10.6 Å². The van der Waals surface area contributed by atoms with Crippen LogP contribution in [-0.4, -0.2) is 30.7 Å². The highest BCUT2D eigenvalue weighted by Crippen LogP contribution is 2.25. The number of ether oxygens (including phenoxy) is 1. The van der Waals surface area contributed by atoms with Crippen LogP contribution < -0.4 is 15.4 Å². The molecule has 0 aliphatic carbocycles. The van der Waals surface area contributed by atoms with E-state index in [1.54, 1.807) is 7.11 Å². The standard InChI is InChI=1S/C14H20N2O2S/c1-18-13-7-3-2-5-11(13)9-15-14(17)16-10-12-6-4-8-19-12/h2-3,5,7,12H,4,6,8-10H2,1H3,(H2,15,16,17)/t12-/m0/s1. The van der Waals surface area contributed by atoms with Crippen molar-refractivity contribution in [1.29, 1.82) is 0 Å². The highest BCUT2D eigenvalue weighted by atomic mass is 32.2. The average molecular weight is 280 g/mol. The molecule has 1 aromatic carbocycles. The second-order valence-electron chi connectivity index (χ2n) is 4.51. The van der Waals surface area contributed by atoms with Crippen LogP contribution in [0.3, 0.4) is 0 Å². The topological polar surface area (TPSA) is 50.4 Å². The van der Waals surface area contributed by atoms with Crippen LogP contribution in [0.5, 0.6) is 5.75 Å². The van der Waals surface area contributed by atoms with Gasteiger partial charge in [-0.15, -0.1) is 0 Å². The molecule has 0 saturated carbocycles. The largest absolute Gasteiger partial charge is 0.496 e. The molecule has 19 heavy (non-hydrogen) atoms. The number of para-hydroxylation sites is 1. The summed E-state index contributed by atoms with van der Waals surface area (Å²) in [5.74, 6) is 2.02. The molecule has 2 N–H and O–H groups in total. The minimum atomic E-state index is -0.113. The van der Waals surface area contributed by atoms with Crippen molar-refractivity contribution in [2.45, 2.75) is 24.6 Å². The molecule has 104 valence electrons. The van der Waals surface area contributed by atoms with Crippen molar-refractivity contribution in [3.8, 4) is 5.75 Å². The molecule has 0 radical (unpaired) electrons. The van der Waals surface area contributed by atoms with Gasteiger partial charge in [-0.1, -0.05) is 18.2 Å². The minimum Gasteiger partial charge on any atom is -0.496 e. The number of hydrogen-bond donors (Lipinski definition) is 2. The summed E-state index contributed by atoms with van der Waals surface area (Å²) in [4.78, 5) is 11.7. The van der Waals surface area contributed by atoms with Crippen molar-refractivity contribution >= 4 is 17.8 Å². The van der Waals surface area contributed by atoms with E-state index in [1.807, 2.05) is 36.0 Å². The van der Waals surface area contributed by atoms with Gasteiger partial charge >= 0.3 is 6.03 Å². The van der Waals surface area contributed by atoms with Crippen molar-refractivity contribution in [3.63, 3.8) is 0 Å². The van der Waals surface area contributed by atoms with Crippen LogP contribution in [0.4, 0.5) is 4.79 Å². The van der Waals surface area contributed by atoms with E-state index in [0.717, 1.165) is 17.9 Å². The first-order valence-electron chi connectivity index (χ1n) is 6.55. The number of benzene rings is 1. The van der Waals surface area contributed by atoms with E-state index in [0.29, 0.717) is 11.8 Å². The Morgan fingerprint density at radius 3 is 3.00 bits per heavy atom. The van der Waals surface area contributed by atoms with Crippen LogP contribution >= 0.6 is 11.8 Å². The molecule has 1 heterocycles. The van der Waals surface area contributed by atoms with Crippen molar-refractivity contribution in [2.24, 2.45) is 0 Å². The van der Waals surface area contributed by atoms with E-state index >= 15 is 0 Å². The Balaban J connectivity index is 1.73. The summed E-state index contributed by atoms with van der Waals surface area (Å²) < 4.78 is 5.24. The number of hydrogen-bond acceptors (Lipinski definition) is 3. The minimum absolute atomic E-state index is 0.113. The van der Waals surface area contributed by atoms with Gasteiger partial charge in [-0.2, -0.15) is 11.8 Å². The number of carbonyl (C=O) groups excluding carboxylic acids is 1. The summed E-state index contributed by atoms with van der Waals surface area (Å²) in [6, 6.07) is 7.58. The number of nitrogens with one attached hydrogen (secondary N) is 2. The molecule has 0 aromatic heterocycles. The van der Waals surface area contributed by atoms with Crippen molar-refractivity contribution in [3.05, 3.63) is 29.8 Å². The summed E-state index contributed by atoms with van der Waals surface area (Å²) in [5, 5.41) is 6.36. The molecule has 2 rings (SSSR count). The van der Waals surface area contributed by atoms with Gasteiger partial charge in [0.15, 0.2) is 0 Å². The highest BCUT2D eigenvalue weighted by molar-refractivity contribution is 8.00. The fourth-order valence-corrected chi connectivity index (χ4v) is 3.30. The molecule has 0 unspecified atom stereocenters. The Labute approximate surface area is 118 Å². The Morgan fingerprint density at radius 1 is 1.42 bits per heavy atom. The van der Waals surface area contributed by atoms with Gasteiger partial charge in [0.2, 0.25) is 0 Å². The Hall–Kier alpha value is -1.36. The van der Waals surface area contributed by atoms with E-state index in [9.17, 15) is 4.79 Å². The van der Waals surface area contributed by atoms with Crippen LogP contribution in [0.1, 0.15) is 18.4 Å². The fourth-order valence-electron chi connectivity index (χ4n) is 2.10. The van der Waals surface area contributed by atoms with E-state index < -0.39 is 0 Å². The molecule has 0 spiro atoms. The lowest BCUT2D eigenvalue weighted by atomic mass is 10.2. The normalized spacial score (nSPS) is 18.1. The maximum absolute atomic E-state index is 11.7. The number of thioether (sulfide) groups is 1. The van der Waals surface area contributed by atoms with Crippen LogP contribution in [0.25, 0.3) is 0 Å². The molecule has 2 amide bonds. The van der Waals surface area contributed by atoms with Gasteiger partial charge in [-0.3, -0.25) is 0 Å². The van der Waals surface area contributed by atoms with Crippen molar-refractivity contribution < 1.29 is 9.53 Å². The van der Waals surface area contributed by atoms with Crippen LogP contribution in [0, 0.1) is 0 Å². The van der Waals surface area contributed by atoms with Gasteiger partial charge in [0.25, 0.3) is 0 Å². The highest BCUT2D eigenvalue weighted by Gasteiger charge is 2.16. The number of rotatable bonds is 5. The second kappa shape index (κ2) is 7.28. The van der Waals surface area contributed by atoms with E-state index in [4.69, 9.17) is 4.74 Å². The SMILES string of the molecule is COc1ccccc1CNC(=O)NC[C@@H]1CCCS1. The molecule has 1 atom stereocenters. The van der Waals surface area contributed by atoms with Crippen molar-refractivity contribution in [1.82, 2.24) is 10.6 Å². The number of carbonyl (C=O) groups is 1. The summed E-state index contributed by atoms with van der Waals surface area (Å²) in [7, 11) is 1.64. The van der Waals surface area contributed by atoms with Gasteiger partial charge in [0, 0.05) is 23.9 Å². The molecule has 1 aliphatic heterocycles. The summed E-state index contributed by atoms with van der Waals surface area (Å²) >= 11 is 1.94. The fraction of sp³-hybridized carbons (Fsp3) is 0.500. The van der Waals surface area contributed by atoms with Gasteiger partial charge in [0.05, 0.1) is 7.11 Å². The van der Waals surface area contributed by atoms with Crippen LogP contribution in [0.2, 0.25) is 0 Å². The molecule has 5 heteroatoms. The molecule has 1 fully saturated rings. The second-order valence-corrected chi connectivity index (χ2v) is 5.92. The third-order valence-electron chi connectivity index (χ3n) is 3.15. The predicted molar refractivity (Wildman–Crippen MR) is 78.7 cm³/mol. The predicted octanol–water partition coefficient (Wildman–Crippen LogP) is 2.39. The van der Waals surface area contributed by atoms with Gasteiger partial charge < -0.3 is 15.4 Å². The van der Waals surface area contributed by atoms with Gasteiger partial charge in [-0.25, -0.2) is 4.79 Å². The summed E-state index contributed by atoms with van der Waals surface area (Å²) in [6.07, 6.45) is 2.47. The Kier molecular flexibility index (Phi) is 5.39. The number of urea groups is 1. The van der Waals surface area contributed by atoms with Crippen molar-refractivity contribution in [2.75, 3.05) is 19.4 Å². The smallest absolute Gasteiger partial charge is 0.315 e. The lowest BCUT2D eigenvalue weighted by molar-refractivity contribution is 0.240. The van der Waals surface area contributed by atoms with Gasteiger partial charge in [0.1, 0.15) is 5.75 Å². The zero-order valence-corrected chi connectivity index (χ0v) is 12.0. The molecular weight excluding hydrogens is 260 g/mol. The number of methoxy groups -OCH3 is 1. The van der Waals surface area contributed by atoms with E-state index in [-0.39, 0.29) is 6.03 Å². The first kappa shape index (κ1) is 14.1. The Bertz CT molecular complexity index is 420. The van der Waals surface area contributed by atoms with Crippen LogP contribution in [-0.2, 0) is 6.54 Å². The first-order chi connectivity index (χ1) is 9.29. The summed E-state index contributed by atoms with van der Waals surface area (Å²) in [5.41, 5.74) is 0.982. The maximum Gasteiger partial charge on any atom is 0.315 e. The molecule has 4 nitrogen and oxygen atoms in total. The maximum atomic E-state index is 11.7. The number of amides is 2. The molecular formula is C14H20N2O2S. The molecule has 1 aromatic rings. The first-order valence-corrected chi connectivity index (χ1v) is 7.59. The molecule has 1 saturated heterocycles. The molecule has 0 bridgehead atoms. The Morgan fingerprint density at radius 2 is 2.26 bits per heavy atom. The zero-order chi connectivity index (χ0) is 13.5. The molecule has 1 aliphatic rings. The van der Waals surface area contributed by atoms with Crippen LogP contribution in [0.15, 0.2) is 24.3 Å². The third-order valence-corrected chi connectivity index (χ3v) is 4.54. The van der Waals surface area contributed by atoms with Gasteiger partial charge in [-0.05, 0) is 24.7 Å². The van der Waals surface area contributed by atoms with E-state index in [1.165, 1.54) is 18.6 Å². The quantitative estimate of drug-likeness (QED) is 0.870. The lowest BCUT2D eigenvalue weighted by Crippen LogP contribution is -2.38. The third kappa shape index (κ3) is 4.35. The average Bonchev–Trinajstić information content (AvgIpc) is 2.96.